The average molecular weight is 515 g/mol. The highest BCUT2D eigenvalue weighted by Crippen LogP contribution is 2.29. The van der Waals surface area contributed by atoms with E-state index in [9.17, 15) is 28.5 Å². The van der Waals surface area contributed by atoms with Crippen LogP contribution in [0.25, 0.3) is 0 Å². The standard InChI is InChI=1S/C25H26N2O8S/c28-21-15-27(22(24(30)23(21)29)25(31)26-34-16-17-7-3-1-4-8-17)36(32,33)20-13-11-19(12-14-20)35-18-9-5-2-6-10-18/h1-14,21-24,28-30H,15-16H2,(H,26,31)/t21-,22-,23-,24-/m1/s1. The zero-order valence-electron chi connectivity index (χ0n) is 19.0. The van der Waals surface area contributed by atoms with Crippen LogP contribution in [-0.2, 0) is 26.3 Å². The predicted octanol–water partition coefficient (Wildman–Crippen LogP) is 1.18. The lowest BCUT2D eigenvalue weighted by atomic mass is 9.95. The summed E-state index contributed by atoms with van der Waals surface area (Å²) >= 11 is 0. The van der Waals surface area contributed by atoms with Crippen molar-refractivity contribution < 1.29 is 38.1 Å². The van der Waals surface area contributed by atoms with Gasteiger partial charge in [-0.05, 0) is 42.0 Å². The van der Waals surface area contributed by atoms with Crippen molar-refractivity contribution in [3.05, 3.63) is 90.5 Å². The Morgan fingerprint density at radius 3 is 2.08 bits per heavy atom. The van der Waals surface area contributed by atoms with Gasteiger partial charge < -0.3 is 20.1 Å². The first-order chi connectivity index (χ1) is 17.3. The molecule has 0 saturated carbocycles. The molecular weight excluding hydrogens is 488 g/mol. The van der Waals surface area contributed by atoms with Crippen LogP contribution >= 0.6 is 0 Å². The average Bonchev–Trinajstić information content (AvgIpc) is 2.88. The predicted molar refractivity (Wildman–Crippen MR) is 128 cm³/mol. The Labute approximate surface area is 208 Å². The number of carbonyl (C=O) groups excluding carboxylic acids is 1. The largest absolute Gasteiger partial charge is 0.457 e. The van der Waals surface area contributed by atoms with Gasteiger partial charge in [-0.25, -0.2) is 13.9 Å². The van der Waals surface area contributed by atoms with Crippen molar-refractivity contribution in [2.45, 2.75) is 35.9 Å². The number of aliphatic hydroxyl groups excluding tert-OH is 3. The van der Waals surface area contributed by atoms with Crippen LogP contribution in [0.2, 0.25) is 0 Å². The summed E-state index contributed by atoms with van der Waals surface area (Å²) in [6, 6.07) is 21.6. The maximum atomic E-state index is 13.4. The van der Waals surface area contributed by atoms with Gasteiger partial charge in [0.05, 0.1) is 17.6 Å². The first-order valence-corrected chi connectivity index (χ1v) is 12.6. The molecule has 0 radical (unpaired) electrons. The fourth-order valence-electron chi connectivity index (χ4n) is 3.79. The molecule has 3 aromatic carbocycles. The fraction of sp³-hybridized carbons (Fsp3) is 0.240. The van der Waals surface area contributed by atoms with Crippen molar-refractivity contribution in [3.63, 3.8) is 0 Å². The van der Waals surface area contributed by atoms with Crippen molar-refractivity contribution in [1.29, 1.82) is 0 Å². The fourth-order valence-corrected chi connectivity index (χ4v) is 5.41. The van der Waals surface area contributed by atoms with Crippen LogP contribution in [0.1, 0.15) is 5.56 Å². The highest BCUT2D eigenvalue weighted by molar-refractivity contribution is 7.89. The van der Waals surface area contributed by atoms with Crippen molar-refractivity contribution in [1.82, 2.24) is 9.79 Å². The van der Waals surface area contributed by atoms with Gasteiger partial charge in [-0.2, -0.15) is 4.31 Å². The summed E-state index contributed by atoms with van der Waals surface area (Å²) in [5.41, 5.74) is 2.89. The number of hydrogen-bond donors (Lipinski definition) is 4. The van der Waals surface area contributed by atoms with Gasteiger partial charge in [-0.1, -0.05) is 48.5 Å². The molecule has 0 unspecified atom stereocenters. The zero-order valence-corrected chi connectivity index (χ0v) is 19.9. The SMILES string of the molecule is O=C(NOCc1ccccc1)[C@H]1[C@@H](O)[C@H](O)[C@H](O)CN1S(=O)(=O)c1ccc(Oc2ccccc2)cc1. The second-order valence-electron chi connectivity index (χ2n) is 8.20. The molecule has 10 nitrogen and oxygen atoms in total. The molecule has 190 valence electrons. The zero-order chi connectivity index (χ0) is 25.7. The van der Waals surface area contributed by atoms with Gasteiger partial charge in [0.25, 0.3) is 5.91 Å². The number of aliphatic hydroxyl groups is 3. The maximum absolute atomic E-state index is 13.4. The quantitative estimate of drug-likeness (QED) is 0.328. The van der Waals surface area contributed by atoms with Crippen molar-refractivity contribution in [2.75, 3.05) is 6.54 Å². The minimum atomic E-state index is -4.38. The highest BCUT2D eigenvalue weighted by Gasteiger charge is 2.50. The Balaban J connectivity index is 1.52. The monoisotopic (exact) mass is 514 g/mol. The molecule has 3 aromatic rings. The molecule has 0 aromatic heterocycles. The Bertz CT molecular complexity index is 1260. The number of β-amino-alcohol motifs (C(OH)–C–C–N with tert-alkyl or cyclic N) is 1. The van der Waals surface area contributed by atoms with Crippen LogP contribution in [0.3, 0.4) is 0 Å². The van der Waals surface area contributed by atoms with E-state index < -0.39 is 46.8 Å². The van der Waals surface area contributed by atoms with Crippen LogP contribution in [0.15, 0.2) is 89.8 Å². The third-order valence-electron chi connectivity index (χ3n) is 5.68. The summed E-state index contributed by atoms with van der Waals surface area (Å²) in [5, 5.41) is 30.8. The number of hydrogen-bond acceptors (Lipinski definition) is 8. The number of sulfonamides is 1. The van der Waals surface area contributed by atoms with Gasteiger partial charge in [0, 0.05) is 6.54 Å². The van der Waals surface area contributed by atoms with E-state index in [0.717, 1.165) is 5.56 Å². The number of benzene rings is 3. The van der Waals surface area contributed by atoms with Gasteiger partial charge in [-0.3, -0.25) is 9.63 Å². The van der Waals surface area contributed by atoms with Gasteiger partial charge in [0.15, 0.2) is 0 Å². The Hall–Kier alpha value is -3.32. The number of amides is 1. The number of hydroxylamine groups is 1. The van der Waals surface area contributed by atoms with E-state index in [1.807, 2.05) is 12.1 Å². The van der Waals surface area contributed by atoms with Gasteiger partial charge >= 0.3 is 0 Å². The molecular formula is C25H26N2O8S. The Kier molecular flexibility index (Phi) is 7.99. The molecule has 0 spiro atoms. The van der Waals surface area contributed by atoms with E-state index in [1.165, 1.54) is 24.3 Å². The van der Waals surface area contributed by atoms with E-state index in [-0.39, 0.29) is 11.5 Å². The van der Waals surface area contributed by atoms with Crippen LogP contribution in [-0.4, -0.2) is 64.8 Å². The molecule has 36 heavy (non-hydrogen) atoms. The second-order valence-corrected chi connectivity index (χ2v) is 10.1. The number of carbonyl (C=O) groups is 1. The van der Waals surface area contributed by atoms with Crippen molar-refractivity contribution in [3.8, 4) is 11.5 Å². The number of nitrogens with zero attached hydrogens (tertiary/aromatic N) is 1. The molecule has 4 rings (SSSR count). The molecule has 4 N–H and O–H groups in total. The van der Waals surface area contributed by atoms with E-state index in [1.54, 1.807) is 48.5 Å². The maximum Gasteiger partial charge on any atom is 0.264 e. The summed E-state index contributed by atoms with van der Waals surface area (Å²) in [7, 11) is -4.38. The third-order valence-corrected chi connectivity index (χ3v) is 7.54. The molecule has 1 aliphatic heterocycles. The lowest BCUT2D eigenvalue weighted by Gasteiger charge is -2.41. The molecule has 4 atom stereocenters. The molecule has 1 fully saturated rings. The first-order valence-electron chi connectivity index (χ1n) is 11.1. The smallest absolute Gasteiger partial charge is 0.264 e. The minimum Gasteiger partial charge on any atom is -0.457 e. The van der Waals surface area contributed by atoms with Gasteiger partial charge in [-0.15, -0.1) is 0 Å². The molecule has 1 saturated heterocycles. The number of piperidine rings is 1. The Morgan fingerprint density at radius 1 is 0.861 bits per heavy atom. The van der Waals surface area contributed by atoms with E-state index in [0.29, 0.717) is 15.8 Å². The second kappa shape index (κ2) is 11.2. The Morgan fingerprint density at radius 2 is 1.44 bits per heavy atom. The summed E-state index contributed by atoms with van der Waals surface area (Å²) in [4.78, 5) is 17.9. The number of ether oxygens (including phenoxy) is 1. The molecule has 1 amide bonds. The number of nitrogens with one attached hydrogen (secondary N) is 1. The van der Waals surface area contributed by atoms with E-state index in [4.69, 9.17) is 9.57 Å². The number of para-hydroxylation sites is 1. The normalized spacial score (nSPS) is 22.6. The lowest BCUT2D eigenvalue weighted by molar-refractivity contribution is -0.158. The van der Waals surface area contributed by atoms with Crippen LogP contribution < -0.4 is 10.2 Å². The lowest BCUT2D eigenvalue weighted by Crippen LogP contribution is -2.66. The summed E-state index contributed by atoms with van der Waals surface area (Å²) in [5.74, 6) is -0.0357. The highest BCUT2D eigenvalue weighted by atomic mass is 32.2. The molecule has 1 heterocycles. The summed E-state index contributed by atoms with van der Waals surface area (Å²) in [6.07, 6.45) is -5.24. The summed E-state index contributed by atoms with van der Waals surface area (Å²) in [6.45, 7) is -0.615. The van der Waals surface area contributed by atoms with E-state index >= 15 is 0 Å². The minimum absolute atomic E-state index is 0.00377. The topological polar surface area (TPSA) is 146 Å². The van der Waals surface area contributed by atoms with Crippen LogP contribution in [0.4, 0.5) is 0 Å². The van der Waals surface area contributed by atoms with Crippen molar-refractivity contribution in [2.24, 2.45) is 0 Å². The molecule has 0 aliphatic carbocycles. The van der Waals surface area contributed by atoms with Gasteiger partial charge in [0.1, 0.15) is 29.7 Å². The summed E-state index contributed by atoms with van der Waals surface area (Å²) < 4.78 is 33.2. The van der Waals surface area contributed by atoms with E-state index in [2.05, 4.69) is 5.48 Å². The molecule has 1 aliphatic rings. The molecule has 0 bridgehead atoms. The first kappa shape index (κ1) is 25.8. The van der Waals surface area contributed by atoms with Gasteiger partial charge in [0.2, 0.25) is 10.0 Å². The van der Waals surface area contributed by atoms with Crippen LogP contribution in [0.5, 0.6) is 11.5 Å². The third kappa shape index (κ3) is 5.73. The number of rotatable bonds is 8. The van der Waals surface area contributed by atoms with Crippen molar-refractivity contribution >= 4 is 15.9 Å². The molecule has 11 heteroatoms. The van der Waals surface area contributed by atoms with Crippen LogP contribution in [0, 0.1) is 0 Å².